The maximum Gasteiger partial charge on any atom is 0.0812 e. The molecule has 1 unspecified atom stereocenters. The van der Waals surface area contributed by atoms with Crippen molar-refractivity contribution in [3.05, 3.63) is 0 Å². The third kappa shape index (κ3) is 12.2. The highest BCUT2D eigenvalue weighted by Gasteiger charge is 2.12. The SMILES string of the molecule is CC(C)CCCCC(COC(C)C)OC(C)C. The summed E-state index contributed by atoms with van der Waals surface area (Å²) in [4.78, 5) is 0. The average Bonchev–Trinajstić information content (AvgIpc) is 2.19. The zero-order valence-corrected chi connectivity index (χ0v) is 12.7. The van der Waals surface area contributed by atoms with E-state index in [1.165, 1.54) is 19.3 Å². The second-order valence-electron chi connectivity index (χ2n) is 5.87. The molecule has 0 amide bonds. The topological polar surface area (TPSA) is 18.5 Å². The van der Waals surface area contributed by atoms with Gasteiger partial charge in [0.1, 0.15) is 0 Å². The van der Waals surface area contributed by atoms with Crippen LogP contribution in [0.3, 0.4) is 0 Å². The van der Waals surface area contributed by atoms with Crippen LogP contribution >= 0.6 is 0 Å². The molecule has 0 radical (unpaired) electrons. The summed E-state index contributed by atoms with van der Waals surface area (Å²) in [5, 5.41) is 0. The Kier molecular flexibility index (Phi) is 9.85. The van der Waals surface area contributed by atoms with Gasteiger partial charge in [-0.15, -0.1) is 0 Å². The van der Waals surface area contributed by atoms with Crippen LogP contribution in [-0.2, 0) is 9.47 Å². The second-order valence-corrected chi connectivity index (χ2v) is 5.87. The Bertz CT molecular complexity index is 164. The molecule has 2 nitrogen and oxygen atoms in total. The first-order chi connectivity index (χ1) is 7.91. The van der Waals surface area contributed by atoms with Crippen molar-refractivity contribution in [3.8, 4) is 0 Å². The molecule has 0 aliphatic heterocycles. The summed E-state index contributed by atoms with van der Waals surface area (Å²) in [6.07, 6.45) is 5.85. The molecule has 0 aromatic carbocycles. The Hall–Kier alpha value is -0.0800. The predicted molar refractivity (Wildman–Crippen MR) is 74.4 cm³/mol. The van der Waals surface area contributed by atoms with Gasteiger partial charge in [-0.1, -0.05) is 33.1 Å². The van der Waals surface area contributed by atoms with Crippen molar-refractivity contribution in [2.45, 2.75) is 85.5 Å². The van der Waals surface area contributed by atoms with Crippen molar-refractivity contribution in [2.24, 2.45) is 5.92 Å². The van der Waals surface area contributed by atoms with Crippen LogP contribution < -0.4 is 0 Å². The minimum atomic E-state index is 0.268. The molecule has 1 atom stereocenters. The number of rotatable bonds is 10. The lowest BCUT2D eigenvalue weighted by atomic mass is 10.0. The van der Waals surface area contributed by atoms with Gasteiger partial charge in [-0.25, -0.2) is 0 Å². The van der Waals surface area contributed by atoms with Crippen LogP contribution in [0.1, 0.15) is 67.2 Å². The summed E-state index contributed by atoms with van der Waals surface area (Å²) in [5.74, 6) is 0.811. The van der Waals surface area contributed by atoms with E-state index in [9.17, 15) is 0 Å². The number of unbranched alkanes of at least 4 members (excludes halogenated alkanes) is 1. The summed E-state index contributed by atoms with van der Waals surface area (Å²) in [5.41, 5.74) is 0. The van der Waals surface area contributed by atoms with Crippen molar-refractivity contribution < 1.29 is 9.47 Å². The number of ether oxygens (including phenoxy) is 2. The second kappa shape index (κ2) is 9.90. The molecule has 0 aromatic heterocycles. The summed E-state index contributed by atoms with van der Waals surface area (Å²) in [6.45, 7) is 13.6. The van der Waals surface area contributed by atoms with Crippen molar-refractivity contribution in [3.63, 3.8) is 0 Å². The van der Waals surface area contributed by atoms with Crippen molar-refractivity contribution in [2.75, 3.05) is 6.61 Å². The molecule has 0 N–H and O–H groups in total. The maximum atomic E-state index is 5.88. The first kappa shape index (κ1) is 16.9. The van der Waals surface area contributed by atoms with Gasteiger partial charge in [0.2, 0.25) is 0 Å². The Morgan fingerprint density at radius 3 is 1.82 bits per heavy atom. The fourth-order valence-electron chi connectivity index (χ4n) is 1.80. The predicted octanol–water partition coefficient (Wildman–Crippen LogP) is 4.42. The van der Waals surface area contributed by atoms with E-state index in [4.69, 9.17) is 9.47 Å². The van der Waals surface area contributed by atoms with Gasteiger partial charge in [-0.05, 0) is 40.0 Å². The largest absolute Gasteiger partial charge is 0.376 e. The lowest BCUT2D eigenvalue weighted by Gasteiger charge is -2.21. The summed E-state index contributed by atoms with van der Waals surface area (Å²) < 4.78 is 11.5. The van der Waals surface area contributed by atoms with Crippen molar-refractivity contribution in [1.29, 1.82) is 0 Å². The molecule has 0 aromatic rings. The molecule has 0 aliphatic rings. The highest BCUT2D eigenvalue weighted by atomic mass is 16.5. The quantitative estimate of drug-likeness (QED) is 0.530. The fraction of sp³-hybridized carbons (Fsp3) is 1.00. The van der Waals surface area contributed by atoms with Gasteiger partial charge >= 0.3 is 0 Å². The monoisotopic (exact) mass is 244 g/mol. The van der Waals surface area contributed by atoms with Gasteiger partial charge in [0.25, 0.3) is 0 Å². The number of hydrogen-bond acceptors (Lipinski definition) is 2. The van der Waals surface area contributed by atoms with Crippen LogP contribution in [0.15, 0.2) is 0 Å². The zero-order chi connectivity index (χ0) is 13.3. The summed E-state index contributed by atoms with van der Waals surface area (Å²) in [6, 6.07) is 0. The van der Waals surface area contributed by atoms with E-state index >= 15 is 0 Å². The molecule has 0 heterocycles. The van der Waals surface area contributed by atoms with Crippen molar-refractivity contribution in [1.82, 2.24) is 0 Å². The lowest BCUT2D eigenvalue weighted by molar-refractivity contribution is -0.0622. The van der Waals surface area contributed by atoms with Crippen LogP contribution in [0.2, 0.25) is 0 Å². The van der Waals surface area contributed by atoms with Gasteiger partial charge in [0.15, 0.2) is 0 Å². The van der Waals surface area contributed by atoms with Crippen molar-refractivity contribution >= 4 is 0 Å². The van der Waals surface area contributed by atoms with E-state index in [0.29, 0.717) is 12.2 Å². The molecule has 0 saturated heterocycles. The Balaban J connectivity index is 3.76. The molecular formula is C15H32O2. The van der Waals surface area contributed by atoms with Crippen LogP contribution in [0.4, 0.5) is 0 Å². The first-order valence-electron chi connectivity index (χ1n) is 7.18. The first-order valence-corrected chi connectivity index (χ1v) is 7.18. The van der Waals surface area contributed by atoms with Crippen LogP contribution in [0, 0.1) is 5.92 Å². The van der Waals surface area contributed by atoms with E-state index in [0.717, 1.165) is 18.9 Å². The molecule has 0 aliphatic carbocycles. The highest BCUT2D eigenvalue weighted by Crippen LogP contribution is 2.13. The van der Waals surface area contributed by atoms with E-state index < -0.39 is 0 Å². The zero-order valence-electron chi connectivity index (χ0n) is 12.7. The summed E-state index contributed by atoms with van der Waals surface area (Å²) in [7, 11) is 0. The Morgan fingerprint density at radius 2 is 1.35 bits per heavy atom. The molecule has 17 heavy (non-hydrogen) atoms. The lowest BCUT2D eigenvalue weighted by Crippen LogP contribution is -2.25. The van der Waals surface area contributed by atoms with Gasteiger partial charge in [-0.3, -0.25) is 0 Å². The van der Waals surface area contributed by atoms with E-state index in [-0.39, 0.29) is 6.10 Å². The molecule has 0 saturated carbocycles. The summed E-state index contributed by atoms with van der Waals surface area (Å²) >= 11 is 0. The third-order valence-electron chi connectivity index (χ3n) is 2.64. The van der Waals surface area contributed by atoms with Crippen LogP contribution in [0.25, 0.3) is 0 Å². The minimum Gasteiger partial charge on any atom is -0.376 e. The minimum absolute atomic E-state index is 0.268. The third-order valence-corrected chi connectivity index (χ3v) is 2.64. The smallest absolute Gasteiger partial charge is 0.0812 e. The van der Waals surface area contributed by atoms with E-state index in [2.05, 4.69) is 41.5 Å². The molecule has 0 rings (SSSR count). The van der Waals surface area contributed by atoms with Gasteiger partial charge in [0.05, 0.1) is 24.9 Å². The van der Waals surface area contributed by atoms with Gasteiger partial charge < -0.3 is 9.47 Å². The average molecular weight is 244 g/mol. The highest BCUT2D eigenvalue weighted by molar-refractivity contribution is 4.60. The van der Waals surface area contributed by atoms with E-state index in [1.807, 2.05) is 0 Å². The molecular weight excluding hydrogens is 212 g/mol. The molecule has 0 fully saturated rings. The van der Waals surface area contributed by atoms with Gasteiger partial charge in [-0.2, -0.15) is 0 Å². The standard InChI is InChI=1S/C15H32O2/c1-12(2)9-7-8-10-15(17-14(5)6)11-16-13(3)4/h12-15H,7-11H2,1-6H3. The van der Waals surface area contributed by atoms with Crippen LogP contribution in [-0.4, -0.2) is 24.9 Å². The maximum absolute atomic E-state index is 5.88. The van der Waals surface area contributed by atoms with Crippen LogP contribution in [0.5, 0.6) is 0 Å². The normalized spacial score (nSPS) is 13.9. The Labute approximate surface area is 108 Å². The molecule has 0 bridgehead atoms. The van der Waals surface area contributed by atoms with Gasteiger partial charge in [0, 0.05) is 0 Å². The number of hydrogen-bond donors (Lipinski definition) is 0. The fourth-order valence-corrected chi connectivity index (χ4v) is 1.80. The Morgan fingerprint density at radius 1 is 0.765 bits per heavy atom. The molecule has 2 heteroatoms. The van der Waals surface area contributed by atoms with E-state index in [1.54, 1.807) is 0 Å². The molecule has 104 valence electrons. The molecule has 0 spiro atoms.